The van der Waals surface area contributed by atoms with Gasteiger partial charge in [0.1, 0.15) is 12.5 Å². The summed E-state index contributed by atoms with van der Waals surface area (Å²) in [6.45, 7) is 5.17. The molecule has 8 heteroatoms. The maximum Gasteiger partial charge on any atom is 0.319 e. The molecule has 1 aromatic rings. The number of hydrogen-bond donors (Lipinski definition) is 5. The molecule has 0 saturated carbocycles. The van der Waals surface area contributed by atoms with Gasteiger partial charge in [0, 0.05) is 10.2 Å². The van der Waals surface area contributed by atoms with E-state index in [9.17, 15) is 14.7 Å². The van der Waals surface area contributed by atoms with Gasteiger partial charge in [-0.05, 0) is 43.5 Å². The van der Waals surface area contributed by atoms with E-state index in [1.54, 1.807) is 31.2 Å². The Balaban J connectivity index is 2.83. The summed E-state index contributed by atoms with van der Waals surface area (Å²) < 4.78 is 0.895. The number of halogens is 1. The molecule has 5 N–H and O–H groups in total. The fourth-order valence-corrected chi connectivity index (χ4v) is 2.82. The molecule has 1 rings (SSSR count). The molecule has 0 spiro atoms. The maximum atomic E-state index is 12.3. The van der Waals surface area contributed by atoms with Crippen molar-refractivity contribution < 1.29 is 19.8 Å². The van der Waals surface area contributed by atoms with Gasteiger partial charge in [-0.15, -0.1) is 0 Å². The van der Waals surface area contributed by atoms with E-state index >= 15 is 0 Å². The van der Waals surface area contributed by atoms with Crippen molar-refractivity contribution in [2.45, 2.75) is 45.0 Å². The minimum absolute atomic E-state index is 0.179. The van der Waals surface area contributed by atoms with Crippen LogP contribution in [0.1, 0.15) is 27.2 Å². The number of aliphatic hydroxyl groups is 2. The van der Waals surface area contributed by atoms with Gasteiger partial charge in [-0.1, -0.05) is 29.8 Å². The van der Waals surface area contributed by atoms with E-state index in [-0.39, 0.29) is 5.92 Å². The van der Waals surface area contributed by atoms with E-state index in [0.717, 1.165) is 4.47 Å². The van der Waals surface area contributed by atoms with Crippen LogP contribution in [-0.4, -0.2) is 46.9 Å². The molecule has 0 aliphatic carbocycles. The number of benzene rings is 1. The number of carbonyl (C=O) groups excluding carboxylic acids is 2. The molecule has 0 heterocycles. The molecule has 0 saturated heterocycles. The Bertz CT molecular complexity index is 568. The second-order valence-corrected chi connectivity index (χ2v) is 7.51. The number of amides is 2. The molecule has 0 aliphatic rings. The van der Waals surface area contributed by atoms with Crippen LogP contribution >= 0.6 is 15.9 Å². The van der Waals surface area contributed by atoms with Crippen LogP contribution in [0.25, 0.3) is 0 Å². The molecule has 140 valence electrons. The van der Waals surface area contributed by atoms with Crippen molar-refractivity contribution in [3.05, 3.63) is 28.7 Å². The van der Waals surface area contributed by atoms with E-state index in [1.807, 2.05) is 13.8 Å². The smallest absolute Gasteiger partial charge is 0.319 e. The van der Waals surface area contributed by atoms with Crippen LogP contribution < -0.4 is 16.0 Å². The summed E-state index contributed by atoms with van der Waals surface area (Å²) in [6, 6.07) is 5.71. The molecule has 7 nitrogen and oxygen atoms in total. The molecule has 0 aliphatic heterocycles. The van der Waals surface area contributed by atoms with Crippen molar-refractivity contribution in [3.63, 3.8) is 0 Å². The molecular weight excluding hydrogens is 390 g/mol. The molecule has 1 aromatic carbocycles. The van der Waals surface area contributed by atoms with Crippen LogP contribution in [-0.2, 0) is 4.79 Å². The maximum absolute atomic E-state index is 12.3. The minimum atomic E-state index is -1.21. The molecule has 0 radical (unpaired) electrons. The second kappa shape index (κ2) is 9.86. The van der Waals surface area contributed by atoms with Crippen molar-refractivity contribution in [3.8, 4) is 0 Å². The van der Waals surface area contributed by atoms with Crippen LogP contribution in [0.3, 0.4) is 0 Å². The Labute approximate surface area is 156 Å². The summed E-state index contributed by atoms with van der Waals surface area (Å²) in [5.74, 6) is 0.179. The standard InChI is InChI=1S/C17H26BrN3O4/c1-11(2)8-17(3,15(24)19-14(9-22)10-23)21-16(25)20-13-6-4-12(18)5-7-13/h4-7,9,11,14-15,19,23-24H,8,10H2,1-3H3,(H2,20,21,25). The summed E-state index contributed by atoms with van der Waals surface area (Å²) in [7, 11) is 0. The van der Waals surface area contributed by atoms with E-state index in [1.165, 1.54) is 0 Å². The second-order valence-electron chi connectivity index (χ2n) is 6.60. The van der Waals surface area contributed by atoms with Gasteiger partial charge in [0.2, 0.25) is 0 Å². The summed E-state index contributed by atoms with van der Waals surface area (Å²) in [4.78, 5) is 23.2. The van der Waals surface area contributed by atoms with Crippen LogP contribution in [0, 0.1) is 5.92 Å². The molecule has 25 heavy (non-hydrogen) atoms. The van der Waals surface area contributed by atoms with E-state index < -0.39 is 30.4 Å². The van der Waals surface area contributed by atoms with Crippen molar-refractivity contribution in [1.82, 2.24) is 10.6 Å². The first-order valence-corrected chi connectivity index (χ1v) is 8.84. The summed E-state index contributed by atoms with van der Waals surface area (Å²) in [5.41, 5.74) is -0.430. The molecule has 0 bridgehead atoms. The highest BCUT2D eigenvalue weighted by molar-refractivity contribution is 9.10. The highest BCUT2D eigenvalue weighted by atomic mass is 79.9. The predicted octanol–water partition coefficient (Wildman–Crippen LogP) is 1.84. The first kappa shape index (κ1) is 21.6. The van der Waals surface area contributed by atoms with Gasteiger partial charge in [-0.25, -0.2) is 4.79 Å². The van der Waals surface area contributed by atoms with Gasteiger partial charge < -0.3 is 25.6 Å². The zero-order valence-electron chi connectivity index (χ0n) is 14.6. The minimum Gasteiger partial charge on any atom is -0.394 e. The monoisotopic (exact) mass is 415 g/mol. The van der Waals surface area contributed by atoms with Crippen LogP contribution in [0.5, 0.6) is 0 Å². The molecule has 0 fully saturated rings. The Morgan fingerprint density at radius 3 is 2.40 bits per heavy atom. The average molecular weight is 416 g/mol. The van der Waals surface area contributed by atoms with Crippen molar-refractivity contribution in [1.29, 1.82) is 0 Å². The number of hydrogen-bond acceptors (Lipinski definition) is 5. The first-order valence-electron chi connectivity index (χ1n) is 8.05. The number of aliphatic hydroxyl groups excluding tert-OH is 2. The zero-order valence-corrected chi connectivity index (χ0v) is 16.2. The third-order valence-electron chi connectivity index (χ3n) is 3.67. The lowest BCUT2D eigenvalue weighted by Crippen LogP contribution is -2.63. The van der Waals surface area contributed by atoms with E-state index in [4.69, 9.17) is 5.11 Å². The highest BCUT2D eigenvalue weighted by Crippen LogP contribution is 2.21. The number of urea groups is 1. The molecule has 3 atom stereocenters. The van der Waals surface area contributed by atoms with Crippen molar-refractivity contribution in [2.75, 3.05) is 11.9 Å². The number of anilines is 1. The third kappa shape index (κ3) is 7.11. The largest absolute Gasteiger partial charge is 0.394 e. The summed E-state index contributed by atoms with van der Waals surface area (Å²) >= 11 is 3.32. The van der Waals surface area contributed by atoms with Crippen LogP contribution in [0.15, 0.2) is 28.7 Å². The Morgan fingerprint density at radius 2 is 1.92 bits per heavy atom. The fourth-order valence-electron chi connectivity index (χ4n) is 2.56. The molecule has 3 unspecified atom stereocenters. The molecule has 2 amide bonds. The normalized spacial score (nSPS) is 16.0. The lowest BCUT2D eigenvalue weighted by atomic mass is 9.88. The fraction of sp³-hybridized carbons (Fsp3) is 0.529. The topological polar surface area (TPSA) is 111 Å². The predicted molar refractivity (Wildman–Crippen MR) is 100 cm³/mol. The van der Waals surface area contributed by atoms with Gasteiger partial charge in [0.15, 0.2) is 0 Å². The quantitative estimate of drug-likeness (QED) is 0.312. The number of carbonyl (C=O) groups is 2. The summed E-state index contributed by atoms with van der Waals surface area (Å²) in [5, 5.41) is 27.7. The Hall–Kier alpha value is -1.48. The van der Waals surface area contributed by atoms with E-state index in [0.29, 0.717) is 18.4 Å². The third-order valence-corrected chi connectivity index (χ3v) is 4.20. The number of rotatable bonds is 9. The number of aldehydes is 1. The van der Waals surface area contributed by atoms with Crippen molar-refractivity contribution in [2.24, 2.45) is 5.92 Å². The van der Waals surface area contributed by atoms with E-state index in [2.05, 4.69) is 31.9 Å². The summed E-state index contributed by atoms with van der Waals surface area (Å²) in [6.07, 6.45) is -0.236. The number of nitrogens with one attached hydrogen (secondary N) is 3. The molecular formula is C17H26BrN3O4. The SMILES string of the molecule is CC(C)CC(C)(NC(=O)Nc1ccc(Br)cc1)C(O)NC(C=O)CO. The molecule has 0 aromatic heterocycles. The lowest BCUT2D eigenvalue weighted by molar-refractivity contribution is -0.112. The Kier molecular flexibility index (Phi) is 8.51. The average Bonchev–Trinajstić information content (AvgIpc) is 2.53. The van der Waals surface area contributed by atoms with Crippen LogP contribution in [0.4, 0.5) is 10.5 Å². The first-order chi connectivity index (χ1) is 11.7. The van der Waals surface area contributed by atoms with Crippen molar-refractivity contribution >= 4 is 33.9 Å². The highest BCUT2D eigenvalue weighted by Gasteiger charge is 2.36. The lowest BCUT2D eigenvalue weighted by Gasteiger charge is -2.38. The van der Waals surface area contributed by atoms with Crippen LogP contribution in [0.2, 0.25) is 0 Å². The van der Waals surface area contributed by atoms with Gasteiger partial charge >= 0.3 is 6.03 Å². The zero-order chi connectivity index (χ0) is 19.0. The van der Waals surface area contributed by atoms with Gasteiger partial charge in [0.05, 0.1) is 18.2 Å². The Morgan fingerprint density at radius 1 is 1.32 bits per heavy atom. The van der Waals surface area contributed by atoms with Gasteiger partial charge in [-0.2, -0.15) is 0 Å². The van der Waals surface area contributed by atoms with Gasteiger partial charge in [-0.3, -0.25) is 5.32 Å². The van der Waals surface area contributed by atoms with Gasteiger partial charge in [0.25, 0.3) is 0 Å².